The van der Waals surface area contributed by atoms with Crippen molar-refractivity contribution in [1.82, 2.24) is 4.57 Å². The zero-order valence-corrected chi connectivity index (χ0v) is 19.2. The Morgan fingerprint density at radius 3 is 2.59 bits per heavy atom. The van der Waals surface area contributed by atoms with Gasteiger partial charge in [0, 0.05) is 17.5 Å². The molecule has 0 amide bonds. The monoisotopic (exact) mass is 552 g/mol. The topological polar surface area (TPSA) is 46.8 Å². The van der Waals surface area contributed by atoms with Gasteiger partial charge in [0.15, 0.2) is 4.80 Å². The fourth-order valence-electron chi connectivity index (χ4n) is 2.65. The molecule has 0 saturated carbocycles. The van der Waals surface area contributed by atoms with E-state index < -0.39 is 11.7 Å². The molecule has 1 aromatic heterocycles. The summed E-state index contributed by atoms with van der Waals surface area (Å²) in [7, 11) is 1.57. The first-order valence-corrected chi connectivity index (χ1v) is 9.86. The molecule has 1 heterocycles. The Morgan fingerprint density at radius 1 is 1.21 bits per heavy atom. The molecule has 0 radical (unpaired) electrons. The lowest BCUT2D eigenvalue weighted by Gasteiger charge is -2.10. The summed E-state index contributed by atoms with van der Waals surface area (Å²) >= 11 is 4.74. The predicted molar refractivity (Wildman–Crippen MR) is 116 cm³/mol. The molecule has 3 aromatic rings. The maximum atomic E-state index is 12.9. The van der Waals surface area contributed by atoms with Gasteiger partial charge in [-0.1, -0.05) is 6.07 Å². The van der Waals surface area contributed by atoms with Gasteiger partial charge in [-0.25, -0.2) is 4.99 Å². The molecule has 0 unspecified atom stereocenters. The summed E-state index contributed by atoms with van der Waals surface area (Å²) in [5.41, 5.74) is 1.11. The van der Waals surface area contributed by atoms with Crippen molar-refractivity contribution >= 4 is 49.9 Å². The molecule has 4 nitrogen and oxygen atoms in total. The minimum atomic E-state index is -4.43. The van der Waals surface area contributed by atoms with Crippen LogP contribution in [-0.4, -0.2) is 23.4 Å². The molecule has 0 spiro atoms. The van der Waals surface area contributed by atoms with E-state index in [9.17, 15) is 18.3 Å². The maximum absolute atomic E-state index is 12.9. The number of halogens is 5. The second kappa shape index (κ2) is 9.92. The van der Waals surface area contributed by atoms with Gasteiger partial charge in [0.25, 0.3) is 0 Å². The second-order valence-corrected chi connectivity index (χ2v) is 7.48. The molecule has 0 saturated heterocycles. The molecular formula is C19H17Br2F3N2O2S. The van der Waals surface area contributed by atoms with Gasteiger partial charge in [0.05, 0.1) is 35.1 Å². The van der Waals surface area contributed by atoms with E-state index in [0.717, 1.165) is 27.9 Å². The van der Waals surface area contributed by atoms with E-state index in [1.54, 1.807) is 11.7 Å². The van der Waals surface area contributed by atoms with Gasteiger partial charge in [-0.05, 0) is 52.3 Å². The van der Waals surface area contributed by atoms with Crippen molar-refractivity contribution in [1.29, 1.82) is 0 Å². The van der Waals surface area contributed by atoms with Crippen LogP contribution in [0.5, 0.6) is 5.75 Å². The second-order valence-electron chi connectivity index (χ2n) is 5.79. The van der Waals surface area contributed by atoms with Crippen molar-refractivity contribution < 1.29 is 23.0 Å². The highest BCUT2D eigenvalue weighted by Crippen LogP contribution is 2.32. The first kappa shape index (κ1) is 23.7. The van der Waals surface area contributed by atoms with Crippen molar-refractivity contribution in [2.45, 2.75) is 12.7 Å². The van der Waals surface area contributed by atoms with E-state index in [4.69, 9.17) is 4.74 Å². The van der Waals surface area contributed by atoms with Gasteiger partial charge in [0.2, 0.25) is 0 Å². The first-order valence-electron chi connectivity index (χ1n) is 8.18. The molecule has 156 valence electrons. The predicted octanol–water partition coefficient (Wildman–Crippen LogP) is 5.81. The Morgan fingerprint density at radius 2 is 1.97 bits per heavy atom. The number of hydrogen-bond acceptors (Lipinski definition) is 4. The number of rotatable bonds is 5. The lowest BCUT2D eigenvalue weighted by atomic mass is 10.1. The minimum absolute atomic E-state index is 0. The fourth-order valence-corrected chi connectivity index (χ4v) is 4.15. The Bertz CT molecular complexity index is 1050. The number of nitrogens with zero attached hydrogens (tertiary/aromatic N) is 2. The number of hydrogen-bond donors (Lipinski definition) is 1. The Hall–Kier alpha value is -1.62. The molecule has 10 heteroatoms. The van der Waals surface area contributed by atoms with Crippen LogP contribution >= 0.6 is 44.2 Å². The molecule has 0 atom stereocenters. The van der Waals surface area contributed by atoms with Crippen molar-refractivity contribution in [3.63, 3.8) is 0 Å². The van der Waals surface area contributed by atoms with Gasteiger partial charge < -0.3 is 14.4 Å². The van der Waals surface area contributed by atoms with E-state index in [2.05, 4.69) is 20.9 Å². The molecule has 0 aliphatic carbocycles. The van der Waals surface area contributed by atoms with E-state index in [1.807, 2.05) is 23.6 Å². The van der Waals surface area contributed by atoms with Crippen LogP contribution in [0.25, 0.3) is 11.3 Å². The van der Waals surface area contributed by atoms with Crippen LogP contribution < -0.4 is 9.54 Å². The average Bonchev–Trinajstić information content (AvgIpc) is 3.04. The van der Waals surface area contributed by atoms with E-state index >= 15 is 0 Å². The third-order valence-corrected chi connectivity index (χ3v) is 5.45. The Labute approximate surface area is 188 Å². The molecule has 1 N–H and O–H groups in total. The normalized spacial score (nSPS) is 12.0. The number of methoxy groups -OCH3 is 1. The lowest BCUT2D eigenvalue weighted by molar-refractivity contribution is -0.137. The molecule has 0 bridgehead atoms. The van der Waals surface area contributed by atoms with Crippen molar-refractivity contribution in [2.24, 2.45) is 4.99 Å². The lowest BCUT2D eigenvalue weighted by Crippen LogP contribution is -2.18. The molecular weight excluding hydrogens is 537 g/mol. The summed E-state index contributed by atoms with van der Waals surface area (Å²) in [6.07, 6.45) is -4.43. The maximum Gasteiger partial charge on any atom is 0.416 e. The van der Waals surface area contributed by atoms with Crippen molar-refractivity contribution in [2.75, 3.05) is 13.7 Å². The summed E-state index contributed by atoms with van der Waals surface area (Å²) in [6.45, 7) is 0.136. The van der Waals surface area contributed by atoms with E-state index in [0.29, 0.717) is 10.6 Å². The zero-order valence-electron chi connectivity index (χ0n) is 15.1. The molecule has 3 rings (SSSR count). The molecule has 0 fully saturated rings. The smallest absolute Gasteiger partial charge is 0.416 e. The van der Waals surface area contributed by atoms with Gasteiger partial charge in [-0.2, -0.15) is 13.2 Å². The quantitative estimate of drug-likeness (QED) is 0.433. The van der Waals surface area contributed by atoms with Gasteiger partial charge in [-0.3, -0.25) is 0 Å². The average molecular weight is 554 g/mol. The molecule has 2 aromatic carbocycles. The summed E-state index contributed by atoms with van der Waals surface area (Å²) in [4.78, 5) is 4.87. The summed E-state index contributed by atoms with van der Waals surface area (Å²) in [5.74, 6) is 0.682. The van der Waals surface area contributed by atoms with Gasteiger partial charge >= 0.3 is 6.18 Å². The first-order chi connectivity index (χ1) is 13.3. The van der Waals surface area contributed by atoms with Crippen LogP contribution in [0.3, 0.4) is 0 Å². The number of aliphatic hydroxyl groups excluding tert-OH is 1. The molecule has 0 aliphatic heterocycles. The van der Waals surface area contributed by atoms with Crippen molar-refractivity contribution in [3.8, 4) is 17.0 Å². The fraction of sp³-hybridized carbons (Fsp3) is 0.211. The number of ether oxygens (including phenoxy) is 1. The third kappa shape index (κ3) is 5.50. The van der Waals surface area contributed by atoms with Crippen LogP contribution in [0.2, 0.25) is 0 Å². The van der Waals surface area contributed by atoms with Gasteiger partial charge in [-0.15, -0.1) is 28.3 Å². The van der Waals surface area contributed by atoms with E-state index in [1.165, 1.54) is 23.5 Å². The molecule has 29 heavy (non-hydrogen) atoms. The standard InChI is InChI=1S/C19H16BrF3N2O2S.BrH/c1-27-17-6-5-12(9-15(17)20)16-11-28-18(25(16)7-8-26)24-14-4-2-3-13(10-14)19(21,22)23;/h2-6,9-11,26H,7-8H2,1H3;1H. The Balaban J connectivity index is 0.00000300. The highest BCUT2D eigenvalue weighted by molar-refractivity contribution is 9.10. The number of thiazole rings is 1. The Kier molecular flexibility index (Phi) is 8.10. The van der Waals surface area contributed by atoms with Crippen LogP contribution in [-0.2, 0) is 12.7 Å². The van der Waals surface area contributed by atoms with Crippen LogP contribution in [0.4, 0.5) is 18.9 Å². The highest BCUT2D eigenvalue weighted by Gasteiger charge is 2.30. The number of benzene rings is 2. The molecule has 0 aliphatic rings. The van der Waals surface area contributed by atoms with Crippen LogP contribution in [0, 0.1) is 0 Å². The minimum Gasteiger partial charge on any atom is -0.496 e. The largest absolute Gasteiger partial charge is 0.496 e. The van der Waals surface area contributed by atoms with Crippen molar-refractivity contribution in [3.05, 3.63) is 62.7 Å². The number of alkyl halides is 3. The summed E-state index contributed by atoms with van der Waals surface area (Å²) < 4.78 is 46.6. The summed E-state index contributed by atoms with van der Waals surface area (Å²) in [5, 5.41) is 11.3. The summed E-state index contributed by atoms with van der Waals surface area (Å²) in [6, 6.07) is 10.4. The SMILES string of the molecule is Br.COc1ccc(-c2csc(=Nc3cccc(C(F)(F)F)c3)n2CCO)cc1Br. The number of aliphatic hydroxyl groups is 1. The zero-order chi connectivity index (χ0) is 20.3. The van der Waals surface area contributed by atoms with Gasteiger partial charge in [0.1, 0.15) is 5.75 Å². The third-order valence-electron chi connectivity index (χ3n) is 3.97. The van der Waals surface area contributed by atoms with E-state index in [-0.39, 0.29) is 35.8 Å². The number of aromatic nitrogens is 1. The van der Waals surface area contributed by atoms with Crippen LogP contribution in [0.15, 0.2) is 57.3 Å². The van der Waals surface area contributed by atoms with Crippen LogP contribution in [0.1, 0.15) is 5.56 Å². The highest BCUT2D eigenvalue weighted by atomic mass is 79.9.